The highest BCUT2D eigenvalue weighted by Crippen LogP contribution is 2.31. The van der Waals surface area contributed by atoms with Gasteiger partial charge in [-0.15, -0.1) is 0 Å². The minimum absolute atomic E-state index is 0.00829. The zero-order chi connectivity index (χ0) is 35.9. The maximum absolute atomic E-state index is 13.8. The molecule has 0 aliphatic carbocycles. The number of aliphatic hydroxyl groups is 1. The molecular formula is C34H52N8O7. The minimum Gasteiger partial charge on any atom is -0.508 e. The molecule has 1 aliphatic rings. The average molecular weight is 685 g/mol. The highest BCUT2D eigenvalue weighted by Gasteiger charge is 2.31. The summed E-state index contributed by atoms with van der Waals surface area (Å²) in [5, 5.41) is 54.9. The number of aromatic hydroxyl groups is 2. The van der Waals surface area contributed by atoms with Gasteiger partial charge in [0.2, 0.25) is 23.6 Å². The lowest BCUT2D eigenvalue weighted by Gasteiger charge is -2.26. The first kappa shape index (κ1) is 39.2. The first-order valence-electron chi connectivity index (χ1n) is 16.6. The van der Waals surface area contributed by atoms with Crippen LogP contribution >= 0.6 is 0 Å². The molecule has 5 atom stereocenters. The summed E-state index contributed by atoms with van der Waals surface area (Å²) in [6.45, 7) is 1.48. The molecule has 49 heavy (non-hydrogen) atoms. The average Bonchev–Trinajstić information content (AvgIpc) is 3.07. The number of rotatable bonds is 15. The van der Waals surface area contributed by atoms with Crippen LogP contribution in [0.4, 0.5) is 0 Å². The maximum Gasteiger partial charge on any atom is 0.243 e. The molecule has 4 bridgehead atoms. The van der Waals surface area contributed by atoms with Crippen LogP contribution in [0.1, 0.15) is 30.4 Å². The van der Waals surface area contributed by atoms with E-state index >= 15 is 0 Å². The lowest BCUT2D eigenvalue weighted by molar-refractivity contribution is -0.133. The van der Waals surface area contributed by atoms with Gasteiger partial charge in [0.05, 0.1) is 18.2 Å². The predicted octanol–water partition coefficient (Wildman–Crippen LogP) is -1.79. The van der Waals surface area contributed by atoms with Gasteiger partial charge in [0.1, 0.15) is 23.6 Å². The van der Waals surface area contributed by atoms with Crippen molar-refractivity contribution in [1.29, 1.82) is 0 Å². The maximum atomic E-state index is 13.8. The Hall–Kier alpha value is -4.28. The molecular weight excluding hydrogens is 632 g/mol. The molecule has 11 N–H and O–H groups in total. The molecule has 1 aliphatic heterocycles. The van der Waals surface area contributed by atoms with E-state index in [1.165, 1.54) is 12.1 Å². The quantitative estimate of drug-likeness (QED) is 0.0940. The second-order valence-corrected chi connectivity index (χ2v) is 12.2. The van der Waals surface area contributed by atoms with Crippen molar-refractivity contribution < 1.29 is 34.5 Å². The summed E-state index contributed by atoms with van der Waals surface area (Å²) in [6, 6.07) is 6.24. The Bertz CT molecular complexity index is 1420. The number of amides is 4. The van der Waals surface area contributed by atoms with Crippen LogP contribution in [0.2, 0.25) is 0 Å². The molecule has 3 rings (SSSR count). The smallest absolute Gasteiger partial charge is 0.243 e. The van der Waals surface area contributed by atoms with Crippen molar-refractivity contribution in [3.05, 3.63) is 47.5 Å². The first-order valence-corrected chi connectivity index (χ1v) is 16.6. The van der Waals surface area contributed by atoms with E-state index in [0.29, 0.717) is 48.2 Å². The fraction of sp³-hybridized carbons (Fsp3) is 0.529. The molecule has 1 heterocycles. The molecule has 15 heteroatoms. The summed E-state index contributed by atoms with van der Waals surface area (Å²) in [7, 11) is 6.72. The molecule has 0 spiro atoms. The van der Waals surface area contributed by atoms with Crippen molar-refractivity contribution in [3.8, 4) is 22.6 Å². The molecule has 0 unspecified atom stereocenters. The van der Waals surface area contributed by atoms with Gasteiger partial charge in [0.25, 0.3) is 0 Å². The SMILES string of the molecule is CNCCNC(=O)[C@H](CCCNC(=O)[C@@H]1Cc2cc(ccc2O)-c2ccc(O)c(c2)C[C@H](NC)C(=O)N[C@@H](C[C@@H](O)CNC)C(=O)N1)NC. The van der Waals surface area contributed by atoms with E-state index < -0.39 is 48.0 Å². The molecule has 2 aromatic carbocycles. The van der Waals surface area contributed by atoms with Crippen LogP contribution in [-0.2, 0) is 32.0 Å². The highest BCUT2D eigenvalue weighted by molar-refractivity contribution is 5.93. The van der Waals surface area contributed by atoms with Crippen LogP contribution < -0.4 is 42.5 Å². The number of hydrogen-bond acceptors (Lipinski definition) is 11. The van der Waals surface area contributed by atoms with Gasteiger partial charge >= 0.3 is 0 Å². The summed E-state index contributed by atoms with van der Waals surface area (Å²) in [4.78, 5) is 53.4. The van der Waals surface area contributed by atoms with Crippen LogP contribution in [0, 0.1) is 0 Å². The minimum atomic E-state index is -1.22. The van der Waals surface area contributed by atoms with Crippen molar-refractivity contribution in [2.24, 2.45) is 0 Å². The number of carbonyl (C=O) groups is 4. The van der Waals surface area contributed by atoms with Gasteiger partial charge in [-0.05, 0) is 87.6 Å². The summed E-state index contributed by atoms with van der Waals surface area (Å²) in [5.74, 6) is -1.99. The Kier molecular flexibility index (Phi) is 15.7. The van der Waals surface area contributed by atoms with Gasteiger partial charge in [0.15, 0.2) is 0 Å². The number of fused-ring (bicyclic) bond motifs is 5. The summed E-state index contributed by atoms with van der Waals surface area (Å²) < 4.78 is 0. The van der Waals surface area contributed by atoms with Gasteiger partial charge in [-0.25, -0.2) is 0 Å². The van der Waals surface area contributed by atoms with Crippen molar-refractivity contribution >= 4 is 23.6 Å². The Morgan fingerprint density at radius 3 is 2.08 bits per heavy atom. The number of phenols is 2. The Labute approximate surface area is 287 Å². The normalized spacial score (nSPS) is 19.4. The second-order valence-electron chi connectivity index (χ2n) is 12.2. The van der Waals surface area contributed by atoms with Crippen LogP contribution in [0.25, 0.3) is 11.1 Å². The van der Waals surface area contributed by atoms with Crippen molar-refractivity contribution in [1.82, 2.24) is 42.5 Å². The monoisotopic (exact) mass is 684 g/mol. The number of phenolic OH excluding ortho intramolecular Hbond substituents is 2. The van der Waals surface area contributed by atoms with Crippen molar-refractivity contribution in [2.45, 2.75) is 62.4 Å². The second kappa shape index (κ2) is 19.7. The summed E-state index contributed by atoms with van der Waals surface area (Å²) in [6.07, 6.45) is -0.235. The van der Waals surface area contributed by atoms with E-state index in [4.69, 9.17) is 0 Å². The van der Waals surface area contributed by atoms with E-state index in [1.807, 2.05) is 0 Å². The van der Waals surface area contributed by atoms with Gasteiger partial charge in [0, 0.05) is 45.4 Å². The van der Waals surface area contributed by atoms with Crippen molar-refractivity contribution in [2.75, 3.05) is 54.4 Å². The zero-order valence-corrected chi connectivity index (χ0v) is 28.7. The number of likely N-dealkylation sites (N-methyl/N-ethyl adjacent to an activating group) is 4. The van der Waals surface area contributed by atoms with E-state index in [1.54, 1.807) is 52.5 Å². The largest absolute Gasteiger partial charge is 0.508 e. The third-order valence-electron chi connectivity index (χ3n) is 8.53. The van der Waals surface area contributed by atoms with Crippen LogP contribution in [-0.4, -0.2) is 124 Å². The third-order valence-corrected chi connectivity index (χ3v) is 8.53. The van der Waals surface area contributed by atoms with Gasteiger partial charge in [-0.2, -0.15) is 0 Å². The number of aliphatic hydroxyl groups excluding tert-OH is 1. The predicted molar refractivity (Wildman–Crippen MR) is 186 cm³/mol. The van der Waals surface area contributed by atoms with Crippen molar-refractivity contribution in [3.63, 3.8) is 0 Å². The molecule has 0 aromatic heterocycles. The molecule has 0 saturated heterocycles. The lowest BCUT2D eigenvalue weighted by atomic mass is 9.95. The van der Waals surface area contributed by atoms with E-state index in [-0.39, 0.29) is 49.8 Å². The fourth-order valence-electron chi connectivity index (χ4n) is 5.68. The molecule has 0 fully saturated rings. The Morgan fingerprint density at radius 2 is 1.49 bits per heavy atom. The molecule has 270 valence electrons. The Balaban J connectivity index is 1.92. The number of benzene rings is 2. The zero-order valence-electron chi connectivity index (χ0n) is 28.7. The van der Waals surface area contributed by atoms with Gasteiger partial charge < -0.3 is 57.9 Å². The molecule has 2 aromatic rings. The van der Waals surface area contributed by atoms with E-state index in [2.05, 4.69) is 42.5 Å². The highest BCUT2D eigenvalue weighted by atomic mass is 16.3. The molecule has 0 radical (unpaired) electrons. The van der Waals surface area contributed by atoms with E-state index in [9.17, 15) is 34.5 Å². The summed E-state index contributed by atoms with van der Waals surface area (Å²) >= 11 is 0. The standard InChI is InChI=1S/C34H52N8O7/c1-35-12-13-40-31(46)25(37-3)6-5-11-39-32(47)27-17-23-15-21(8-10-30(23)45)20-7-9-29(44)22(14-20)16-26(38-4)33(48)42-28(34(49)41-27)18-24(43)19-36-2/h7-10,14-15,24-28,35-38,43-45H,5-6,11-13,16-19H2,1-4H3,(H,39,47)(H,40,46)(H,41,49)(H,42,48)/t24-,25+,26+,27+,28+/m1/s1. The topological polar surface area (TPSA) is 225 Å². The lowest BCUT2D eigenvalue weighted by Crippen LogP contribution is -2.57. The van der Waals surface area contributed by atoms with Gasteiger partial charge in [-0.1, -0.05) is 12.1 Å². The van der Waals surface area contributed by atoms with Crippen LogP contribution in [0.3, 0.4) is 0 Å². The molecule has 4 amide bonds. The number of carbonyl (C=O) groups excluding carboxylic acids is 4. The van der Waals surface area contributed by atoms with Crippen LogP contribution in [0.5, 0.6) is 11.5 Å². The number of hydrogen-bond donors (Lipinski definition) is 11. The Morgan fingerprint density at radius 1 is 0.837 bits per heavy atom. The molecule has 0 saturated carbocycles. The first-order chi connectivity index (χ1) is 23.5. The number of nitrogens with one attached hydrogen (secondary N) is 8. The van der Waals surface area contributed by atoms with E-state index in [0.717, 1.165) is 0 Å². The van der Waals surface area contributed by atoms with Crippen LogP contribution in [0.15, 0.2) is 36.4 Å². The summed E-state index contributed by atoms with van der Waals surface area (Å²) in [5.41, 5.74) is 2.28. The molecule has 15 nitrogen and oxygen atoms in total. The van der Waals surface area contributed by atoms with Gasteiger partial charge in [-0.3, -0.25) is 19.2 Å². The fourth-order valence-corrected chi connectivity index (χ4v) is 5.68. The third kappa shape index (κ3) is 11.7.